The fourth-order valence-electron chi connectivity index (χ4n) is 3.24. The zero-order chi connectivity index (χ0) is 20.4. The molecular formula is C21H17N5O3. The van der Waals surface area contributed by atoms with Gasteiger partial charge in [0.1, 0.15) is 6.72 Å². The molecule has 1 aliphatic rings. The van der Waals surface area contributed by atoms with E-state index in [1.165, 1.54) is 6.20 Å². The fourth-order valence-corrected chi connectivity index (χ4v) is 3.24. The molecule has 4 rings (SSSR count). The van der Waals surface area contributed by atoms with Gasteiger partial charge in [-0.2, -0.15) is 4.74 Å². The molecule has 0 bridgehead atoms. The Morgan fingerprint density at radius 1 is 1.17 bits per heavy atom. The average Bonchev–Trinajstić information content (AvgIpc) is 3.28. The zero-order valence-corrected chi connectivity index (χ0v) is 15.3. The number of benzene rings is 2. The number of ketones is 1. The van der Waals surface area contributed by atoms with E-state index in [1.807, 2.05) is 16.7 Å². The number of imidazole rings is 1. The fraction of sp³-hybridized carbons (Fsp3) is 0.0476. The zero-order valence-electron chi connectivity index (χ0n) is 15.3. The minimum atomic E-state index is -0.779. The molecule has 3 aromatic rings. The third kappa shape index (κ3) is 3.51. The van der Waals surface area contributed by atoms with Crippen LogP contribution in [0.1, 0.15) is 22.0 Å². The molecule has 0 saturated heterocycles. The number of hydrogen-bond donors (Lipinski definition) is 2. The highest BCUT2D eigenvalue weighted by molar-refractivity contribution is 6.10. The number of urea groups is 1. The summed E-state index contributed by atoms with van der Waals surface area (Å²) in [6.07, 6.45) is 6.52. The number of hydrogen-bond acceptors (Lipinski definition) is 4. The highest BCUT2D eigenvalue weighted by atomic mass is 16.5. The lowest BCUT2D eigenvalue weighted by Gasteiger charge is -2.26. The summed E-state index contributed by atoms with van der Waals surface area (Å²) in [5.74, 6) is -0.268. The lowest BCUT2D eigenvalue weighted by atomic mass is 9.91. The number of aromatic nitrogens is 2. The second kappa shape index (κ2) is 7.43. The Balaban J connectivity index is 1.69. The van der Waals surface area contributed by atoms with Gasteiger partial charge in [0.2, 0.25) is 5.69 Å². The van der Waals surface area contributed by atoms with Gasteiger partial charge in [0.05, 0.1) is 17.9 Å². The van der Waals surface area contributed by atoms with Gasteiger partial charge < -0.3 is 20.4 Å². The molecule has 2 aromatic carbocycles. The van der Waals surface area contributed by atoms with Crippen LogP contribution < -0.4 is 10.6 Å². The Morgan fingerprint density at radius 2 is 1.93 bits per heavy atom. The van der Waals surface area contributed by atoms with E-state index >= 15 is 0 Å². The van der Waals surface area contributed by atoms with E-state index in [4.69, 9.17) is 0 Å². The third-order valence-corrected chi connectivity index (χ3v) is 4.66. The Morgan fingerprint density at radius 3 is 2.62 bits per heavy atom. The van der Waals surface area contributed by atoms with Gasteiger partial charge in [-0.15, -0.1) is 0 Å². The average molecular weight is 387 g/mol. The molecule has 2 amide bonds. The van der Waals surface area contributed by atoms with Crippen molar-refractivity contribution in [3.8, 4) is 5.69 Å². The lowest BCUT2D eigenvalue weighted by molar-refractivity contribution is -0.350. The molecule has 0 radical (unpaired) electrons. The van der Waals surface area contributed by atoms with Crippen molar-refractivity contribution < 1.29 is 14.3 Å². The summed E-state index contributed by atoms with van der Waals surface area (Å²) in [6.45, 7) is 3.38. The van der Waals surface area contributed by atoms with Crippen LogP contribution in [0.25, 0.3) is 5.69 Å². The van der Waals surface area contributed by atoms with Crippen LogP contribution in [0.4, 0.5) is 10.5 Å². The van der Waals surface area contributed by atoms with Gasteiger partial charge in [-0.25, -0.2) is 9.78 Å². The molecule has 1 atom stereocenters. The van der Waals surface area contributed by atoms with Crippen molar-refractivity contribution in [1.29, 1.82) is 0 Å². The number of carbonyl (C=O) groups is 2. The Kier molecular flexibility index (Phi) is 4.66. The normalized spacial score (nSPS) is 15.8. The molecule has 0 fully saturated rings. The summed E-state index contributed by atoms with van der Waals surface area (Å²) in [5.41, 5.74) is 2.39. The van der Waals surface area contributed by atoms with Crippen molar-refractivity contribution in [2.75, 3.05) is 0 Å². The molecule has 0 spiro atoms. The predicted molar refractivity (Wildman–Crippen MR) is 107 cm³/mol. The molecule has 2 heterocycles. The Labute approximate surface area is 166 Å². The number of Topliss-reactive ketones (excluding diaryl/α,β-unsaturated/α-hetero) is 1. The van der Waals surface area contributed by atoms with Gasteiger partial charge in [0.15, 0.2) is 5.78 Å². The molecule has 0 saturated carbocycles. The summed E-state index contributed by atoms with van der Waals surface area (Å²) in [5, 5.41) is 17.1. The Bertz CT molecular complexity index is 1120. The molecule has 1 aliphatic heterocycles. The van der Waals surface area contributed by atoms with Crippen molar-refractivity contribution in [2.24, 2.45) is 0 Å². The van der Waals surface area contributed by atoms with Gasteiger partial charge in [-0.05, 0) is 30.3 Å². The topological polar surface area (TPSA) is 102 Å². The molecule has 1 aromatic heterocycles. The van der Waals surface area contributed by atoms with Crippen LogP contribution in [0.3, 0.4) is 0 Å². The molecule has 0 aliphatic carbocycles. The summed E-state index contributed by atoms with van der Waals surface area (Å²) >= 11 is 0. The van der Waals surface area contributed by atoms with Crippen LogP contribution in [0.5, 0.6) is 0 Å². The van der Waals surface area contributed by atoms with E-state index in [1.54, 1.807) is 55.1 Å². The van der Waals surface area contributed by atoms with Crippen LogP contribution in [0, 0.1) is 5.21 Å². The molecule has 8 nitrogen and oxygen atoms in total. The summed E-state index contributed by atoms with van der Waals surface area (Å²) < 4.78 is 2.29. The van der Waals surface area contributed by atoms with Crippen molar-refractivity contribution in [3.05, 3.63) is 95.4 Å². The van der Waals surface area contributed by atoms with E-state index in [9.17, 15) is 14.8 Å². The van der Waals surface area contributed by atoms with E-state index < -0.39 is 12.1 Å². The number of amides is 2. The minimum absolute atomic E-state index is 0.268. The van der Waals surface area contributed by atoms with Crippen LogP contribution in [0.15, 0.2) is 79.0 Å². The SMILES string of the molecule is C=[N+]([O-])c1ccccc1C1NC(=O)NC=C1C(=O)c1ccc(-n2ccnc2)cc1. The smallest absolute Gasteiger partial charge is 0.319 e. The van der Waals surface area contributed by atoms with Gasteiger partial charge in [-0.1, -0.05) is 12.1 Å². The summed E-state index contributed by atoms with van der Waals surface area (Å²) in [6, 6.07) is 12.5. The van der Waals surface area contributed by atoms with E-state index in [0.29, 0.717) is 21.4 Å². The van der Waals surface area contributed by atoms with E-state index in [-0.39, 0.29) is 11.5 Å². The van der Waals surface area contributed by atoms with Crippen LogP contribution in [0.2, 0.25) is 0 Å². The first-order chi connectivity index (χ1) is 14.0. The first-order valence-electron chi connectivity index (χ1n) is 8.81. The molecule has 29 heavy (non-hydrogen) atoms. The van der Waals surface area contributed by atoms with Gasteiger partial charge in [0.25, 0.3) is 0 Å². The minimum Gasteiger partial charge on any atom is -0.619 e. The molecule has 8 heteroatoms. The number of nitrogens with one attached hydrogen (secondary N) is 2. The van der Waals surface area contributed by atoms with Crippen molar-refractivity contribution in [3.63, 3.8) is 0 Å². The van der Waals surface area contributed by atoms with Crippen LogP contribution in [-0.2, 0) is 0 Å². The largest absolute Gasteiger partial charge is 0.619 e. The molecule has 1 unspecified atom stereocenters. The van der Waals surface area contributed by atoms with Crippen molar-refractivity contribution in [1.82, 2.24) is 20.2 Å². The van der Waals surface area contributed by atoms with Gasteiger partial charge >= 0.3 is 6.03 Å². The van der Waals surface area contributed by atoms with E-state index in [0.717, 1.165) is 5.69 Å². The monoisotopic (exact) mass is 387 g/mol. The first kappa shape index (κ1) is 18.2. The van der Waals surface area contributed by atoms with Crippen LogP contribution in [-0.4, -0.2) is 32.8 Å². The number of para-hydroxylation sites is 1. The highest BCUT2D eigenvalue weighted by Gasteiger charge is 2.31. The van der Waals surface area contributed by atoms with Gasteiger partial charge in [-0.3, -0.25) is 4.79 Å². The second-order valence-corrected chi connectivity index (χ2v) is 6.43. The second-order valence-electron chi connectivity index (χ2n) is 6.43. The molecule has 144 valence electrons. The maximum atomic E-state index is 13.2. The first-order valence-corrected chi connectivity index (χ1v) is 8.81. The Hall–Kier alpha value is -4.20. The van der Waals surface area contributed by atoms with E-state index in [2.05, 4.69) is 22.3 Å². The predicted octanol–water partition coefficient (Wildman–Crippen LogP) is 2.84. The molecule has 2 N–H and O–H groups in total. The van der Waals surface area contributed by atoms with Gasteiger partial charge in [0, 0.05) is 41.5 Å². The lowest BCUT2D eigenvalue weighted by Crippen LogP contribution is -2.42. The quantitative estimate of drug-likeness (QED) is 0.231. The summed E-state index contributed by atoms with van der Waals surface area (Å²) in [4.78, 5) is 29.1. The number of carbonyl (C=O) groups excluding carboxylic acids is 2. The number of nitrogens with zero attached hydrogens (tertiary/aromatic N) is 3. The maximum absolute atomic E-state index is 13.2. The third-order valence-electron chi connectivity index (χ3n) is 4.66. The highest BCUT2D eigenvalue weighted by Crippen LogP contribution is 2.32. The van der Waals surface area contributed by atoms with Crippen molar-refractivity contribution in [2.45, 2.75) is 6.04 Å². The van der Waals surface area contributed by atoms with Crippen molar-refractivity contribution >= 4 is 24.2 Å². The number of rotatable bonds is 5. The molecular weight excluding hydrogens is 370 g/mol. The maximum Gasteiger partial charge on any atom is 0.319 e. The standard InChI is InChI=1S/C21H17N5O3/c1-25(29)18-5-3-2-4-16(18)19-17(12-23-21(28)24-19)20(27)14-6-8-15(9-7-14)26-11-10-22-13-26/h2-13,19H,1H2,(H2,23,24,28). The van der Waals surface area contributed by atoms with Crippen LogP contribution >= 0.6 is 0 Å². The summed E-state index contributed by atoms with van der Waals surface area (Å²) in [7, 11) is 0.